The van der Waals surface area contributed by atoms with Crippen molar-refractivity contribution in [3.63, 3.8) is 0 Å². The van der Waals surface area contributed by atoms with Gasteiger partial charge in [0.15, 0.2) is 16.1 Å². The maximum absolute atomic E-state index is 3.42. The first-order valence-electron chi connectivity index (χ1n) is 36.3. The lowest BCUT2D eigenvalue weighted by atomic mass is 9.33. The smallest absolute Gasteiger partial charge is 0.252 e. The van der Waals surface area contributed by atoms with Crippen LogP contribution in [0.2, 0.25) is 0 Å². The van der Waals surface area contributed by atoms with Crippen LogP contribution in [0.4, 0.5) is 34.1 Å². The maximum Gasteiger partial charge on any atom is 0.252 e. The van der Waals surface area contributed by atoms with E-state index in [4.69, 9.17) is 0 Å². The van der Waals surface area contributed by atoms with Crippen LogP contribution in [-0.2, 0) is 10.8 Å². The largest absolute Gasteiger partial charge is 0.311 e. The zero-order valence-corrected chi connectivity index (χ0v) is 61.3. The zero-order valence-electron chi connectivity index (χ0n) is 59.3. The fraction of sp³-hybridized carbons (Fsp3) is 0.0816. The monoisotopic (exact) mass is 1350 g/mol. The minimum Gasteiger partial charge on any atom is -0.311 e. The van der Waals surface area contributed by atoms with E-state index in [1.165, 1.54) is 131 Å². The molecule has 2 heterocycles. The summed E-state index contributed by atoms with van der Waals surface area (Å²) in [6, 6.07) is 147. The van der Waals surface area contributed by atoms with Gasteiger partial charge in [-0.25, -0.2) is 0 Å². The molecule has 0 aromatic heterocycles. The Hall–Kier alpha value is -11.6. The molecule has 0 aliphatic carbocycles. The number of rotatable bonds is 14. The van der Waals surface area contributed by atoms with E-state index < -0.39 is 16.1 Å². The number of hydrogen-bond acceptors (Lipinski definition) is 2. The number of para-hydroxylation sites is 1. The molecule has 0 bridgehead atoms. The van der Waals surface area contributed by atoms with Crippen LogP contribution in [0, 0.1) is 0 Å². The van der Waals surface area contributed by atoms with Gasteiger partial charge >= 0.3 is 0 Å². The van der Waals surface area contributed by atoms with Crippen molar-refractivity contribution in [2.75, 3.05) is 9.80 Å². The van der Waals surface area contributed by atoms with Crippen LogP contribution in [0.15, 0.2) is 382 Å². The Morgan fingerprint density at radius 3 is 1.09 bits per heavy atom. The van der Waals surface area contributed by atoms with E-state index in [2.05, 4.69) is 434 Å². The van der Waals surface area contributed by atoms with Gasteiger partial charge in [0.2, 0.25) is 0 Å². The first-order valence-corrected chi connectivity index (χ1v) is 40.3. The third kappa shape index (κ3) is 11.4. The number of fused-ring (bicyclic) bond motifs is 4. The van der Waals surface area contributed by atoms with Gasteiger partial charge in [-0.1, -0.05) is 375 Å². The van der Waals surface area contributed by atoms with Crippen molar-refractivity contribution < 1.29 is 0 Å². The highest BCUT2D eigenvalue weighted by Crippen LogP contribution is 2.48. The number of benzene rings is 15. The highest BCUT2D eigenvalue weighted by atomic mass is 28.3. The second-order valence-corrected chi connectivity index (χ2v) is 37.6. The molecule has 2 aliphatic heterocycles. The molecule has 494 valence electrons. The predicted octanol–water partition coefficient (Wildman–Crippen LogP) is 17.8. The van der Waals surface area contributed by atoms with Gasteiger partial charge in [-0.3, -0.25) is 0 Å². The van der Waals surface area contributed by atoms with Gasteiger partial charge in [0.1, 0.15) is 0 Å². The Kier molecular flexibility index (Phi) is 16.6. The summed E-state index contributed by atoms with van der Waals surface area (Å²) in [6.45, 7) is 13.8. The van der Waals surface area contributed by atoms with Gasteiger partial charge in [-0.2, -0.15) is 0 Å². The number of anilines is 6. The Morgan fingerprint density at radius 1 is 0.223 bits per heavy atom. The van der Waals surface area contributed by atoms with Crippen molar-refractivity contribution in [1.82, 2.24) is 0 Å². The molecular formula is C98H81BN2Si2. The molecule has 5 heteroatoms. The topological polar surface area (TPSA) is 6.48 Å². The first kappa shape index (κ1) is 64.8. The number of hydrogen-bond donors (Lipinski definition) is 0. The maximum atomic E-state index is 2.69. The molecule has 0 amide bonds. The number of nitrogens with zero attached hydrogens (tertiary/aromatic N) is 2. The molecule has 0 saturated carbocycles. The molecule has 1 unspecified atom stereocenters. The van der Waals surface area contributed by atoms with Crippen LogP contribution in [-0.4, -0.2) is 22.9 Å². The molecule has 0 spiro atoms. The lowest BCUT2D eigenvalue weighted by molar-refractivity contribution is 0.590. The Morgan fingerprint density at radius 2 is 0.583 bits per heavy atom. The van der Waals surface area contributed by atoms with Gasteiger partial charge in [0.05, 0.1) is 5.69 Å². The molecule has 0 fully saturated rings. The quantitative estimate of drug-likeness (QED) is 0.0791. The van der Waals surface area contributed by atoms with E-state index in [0.717, 1.165) is 17.1 Å². The van der Waals surface area contributed by atoms with E-state index in [-0.39, 0.29) is 17.5 Å². The molecule has 103 heavy (non-hydrogen) atoms. The predicted molar refractivity (Wildman–Crippen MR) is 447 cm³/mol. The zero-order chi connectivity index (χ0) is 69.9. The fourth-order valence-electron chi connectivity index (χ4n) is 16.8. The highest BCUT2D eigenvalue weighted by Gasteiger charge is 2.50. The van der Waals surface area contributed by atoms with Crippen molar-refractivity contribution in [3.05, 3.63) is 393 Å². The van der Waals surface area contributed by atoms with Crippen LogP contribution in [0.5, 0.6) is 0 Å². The van der Waals surface area contributed by atoms with Crippen LogP contribution in [0.1, 0.15) is 52.7 Å². The summed E-state index contributed by atoms with van der Waals surface area (Å²) in [5.41, 5.74) is 22.6. The average Bonchev–Trinajstić information content (AvgIpc) is 0.688. The molecule has 15 aromatic carbocycles. The van der Waals surface area contributed by atoms with Crippen LogP contribution in [0.25, 0.3) is 44.5 Å². The van der Waals surface area contributed by atoms with Gasteiger partial charge in [-0.15, -0.1) is 0 Å². The minimum atomic E-state index is -3.42. The summed E-state index contributed by atoms with van der Waals surface area (Å²) in [4.78, 5) is 5.34. The van der Waals surface area contributed by atoms with Crippen molar-refractivity contribution in [3.8, 4) is 44.5 Å². The minimum absolute atomic E-state index is 0.0441. The van der Waals surface area contributed by atoms with E-state index >= 15 is 0 Å². The Labute approximate surface area is 610 Å². The van der Waals surface area contributed by atoms with Crippen LogP contribution in [0.3, 0.4) is 0 Å². The summed E-state index contributed by atoms with van der Waals surface area (Å²) in [7, 11) is -6.72. The van der Waals surface area contributed by atoms with E-state index in [9.17, 15) is 0 Å². The van der Waals surface area contributed by atoms with Crippen molar-refractivity contribution in [1.29, 1.82) is 0 Å². The molecule has 2 aliphatic rings. The van der Waals surface area contributed by atoms with E-state index in [1.54, 1.807) is 0 Å². The summed E-state index contributed by atoms with van der Waals surface area (Å²) in [5, 5.41) is 10.6. The average molecular weight is 1350 g/mol. The van der Waals surface area contributed by atoms with E-state index in [0.29, 0.717) is 0 Å². The fourth-order valence-corrected chi connectivity index (χ4v) is 26.4. The second kappa shape index (κ2) is 26.4. The lowest BCUT2D eigenvalue weighted by Gasteiger charge is -2.46. The highest BCUT2D eigenvalue weighted by molar-refractivity contribution is 7.21. The molecule has 17 rings (SSSR count). The van der Waals surface area contributed by atoms with Gasteiger partial charge in [-0.05, 0) is 167 Å². The molecule has 1 atom stereocenters. The van der Waals surface area contributed by atoms with E-state index in [1.807, 2.05) is 0 Å². The van der Waals surface area contributed by atoms with Crippen LogP contribution < -0.4 is 67.7 Å². The Bertz CT molecular complexity index is 5530. The van der Waals surface area contributed by atoms with Crippen molar-refractivity contribution in [2.24, 2.45) is 0 Å². The van der Waals surface area contributed by atoms with Crippen LogP contribution >= 0.6 is 0 Å². The summed E-state index contributed by atoms with van der Waals surface area (Å²) < 4.78 is 0. The van der Waals surface area contributed by atoms with Crippen molar-refractivity contribution in [2.45, 2.75) is 52.4 Å². The molecule has 0 saturated heterocycles. The molecular weight excluding hydrogens is 1270 g/mol. The first-order chi connectivity index (χ1) is 50.3. The third-order valence-corrected chi connectivity index (χ3v) is 31.4. The molecule has 15 aromatic rings. The summed E-state index contributed by atoms with van der Waals surface area (Å²) in [5.74, 6) is 0. The SMILES string of the molecule is CC(C)(C)c1ccc([Si](c2ccccc2)(c2cccc(-c3ccccc3)c2)c2ccc3c(c2)B2c4ccccc4N(c4ccc(C(C)(C)C)cc4-c4ccccc4)c4cc([Si](c5ccccc5)(c5ccccc5)c5cccc(-c6ccccc6)c5)cc(c42)N3c2ccc(-c3ccccc3)cc2)cc1. The lowest BCUT2D eigenvalue weighted by Crippen LogP contribution is -2.76. The normalized spacial score (nSPS) is 13.2. The Balaban J connectivity index is 1.03. The molecule has 2 nitrogen and oxygen atoms in total. The standard InChI is InChI=1S/C98H81BN2Si2/c1-97(2,3)77-54-59-83(60-55-77)102(80-42-22-11-23-43-80,84-48-30-40-75(64-84)71-34-16-8-17-35-71)86-61-63-93-90(67-86)99-89-50-28-29-51-92(89)101(91-62-56-78(98(4,5)6)66-88(91)74-38-20-10-21-39-74)95-69-87(68-94(96(95)99)100(93)79-57-52-73(53-58-79)70-32-14-7-15-33-70)103(81-44-24-12-25-45-81,82-46-26-13-27-47-82)85-49-31-41-76(65-85)72-36-18-9-19-37-72/h7-69H,1-6H3. The van der Waals surface area contributed by atoms with Gasteiger partial charge < -0.3 is 9.80 Å². The second-order valence-electron chi connectivity index (χ2n) is 29.9. The third-order valence-electron chi connectivity index (χ3n) is 21.9. The summed E-state index contributed by atoms with van der Waals surface area (Å²) in [6.07, 6.45) is 0. The van der Waals surface area contributed by atoms with Crippen molar-refractivity contribution >= 4 is 115 Å². The molecule has 0 radical (unpaired) electrons. The van der Waals surface area contributed by atoms with Gasteiger partial charge in [0, 0.05) is 34.0 Å². The van der Waals surface area contributed by atoms with Gasteiger partial charge in [0.25, 0.3) is 6.71 Å². The molecule has 0 N–H and O–H groups in total. The summed E-state index contributed by atoms with van der Waals surface area (Å²) >= 11 is 0.